The van der Waals surface area contributed by atoms with E-state index in [0.717, 1.165) is 31.7 Å². The molecule has 0 amide bonds. The molecule has 1 aromatic carbocycles. The molecule has 0 saturated carbocycles. The zero-order chi connectivity index (χ0) is 18.8. The van der Waals surface area contributed by atoms with Crippen molar-refractivity contribution < 1.29 is 4.52 Å². The molecule has 4 heterocycles. The van der Waals surface area contributed by atoms with Crippen LogP contribution in [0.4, 0.5) is 5.69 Å². The molecule has 3 aromatic heterocycles. The Bertz CT molecular complexity index is 1070. The van der Waals surface area contributed by atoms with E-state index in [-0.39, 0.29) is 0 Å². The standard InChI is InChI=1S/C20H19N7O/c1-2-4-16-15(3-1)18(6-8-22-16)27-11-9-26(10-12-27)13-19-24-20(28-25-19)17-5-7-21-14-23-17/h1-8,14H,9-13H2. The Hall–Kier alpha value is -3.39. The Kier molecular flexibility index (Phi) is 4.38. The molecule has 0 aliphatic carbocycles. The van der Waals surface area contributed by atoms with Crippen molar-refractivity contribution in [3.63, 3.8) is 0 Å². The van der Waals surface area contributed by atoms with E-state index in [1.165, 1.54) is 17.4 Å². The van der Waals surface area contributed by atoms with Crippen molar-refractivity contribution >= 4 is 16.6 Å². The number of nitrogens with zero attached hydrogens (tertiary/aromatic N) is 7. The quantitative estimate of drug-likeness (QED) is 0.539. The molecule has 0 atom stereocenters. The molecule has 1 aliphatic rings. The molecule has 8 heteroatoms. The summed E-state index contributed by atoms with van der Waals surface area (Å²) in [5.74, 6) is 1.11. The second kappa shape index (κ2) is 7.32. The van der Waals surface area contributed by atoms with Gasteiger partial charge in [0.15, 0.2) is 5.82 Å². The summed E-state index contributed by atoms with van der Waals surface area (Å²) in [7, 11) is 0. The SMILES string of the molecule is c1ccc2c(N3CCN(Cc4noc(-c5ccncn5)n4)CC3)ccnc2c1. The summed E-state index contributed by atoms with van der Waals surface area (Å²) in [6, 6.07) is 12.1. The minimum absolute atomic E-state index is 0.430. The van der Waals surface area contributed by atoms with Crippen LogP contribution < -0.4 is 4.90 Å². The molecule has 1 fully saturated rings. The van der Waals surface area contributed by atoms with Gasteiger partial charge >= 0.3 is 0 Å². The first kappa shape index (κ1) is 16.8. The Morgan fingerprint density at radius 1 is 0.929 bits per heavy atom. The number of para-hydroxylation sites is 1. The summed E-state index contributed by atoms with van der Waals surface area (Å²) in [6.45, 7) is 4.44. The van der Waals surface area contributed by atoms with Gasteiger partial charge in [0, 0.05) is 49.6 Å². The van der Waals surface area contributed by atoms with E-state index in [1.807, 2.05) is 12.3 Å². The van der Waals surface area contributed by atoms with Crippen molar-refractivity contribution in [2.24, 2.45) is 0 Å². The van der Waals surface area contributed by atoms with Crippen molar-refractivity contribution in [3.05, 3.63) is 60.9 Å². The molecule has 0 unspecified atom stereocenters. The Labute approximate surface area is 161 Å². The summed E-state index contributed by atoms with van der Waals surface area (Å²) in [6.07, 6.45) is 5.02. The van der Waals surface area contributed by atoms with Crippen molar-refractivity contribution in [2.75, 3.05) is 31.1 Å². The third-order valence-corrected chi connectivity index (χ3v) is 4.97. The second-order valence-corrected chi connectivity index (χ2v) is 6.72. The molecular formula is C20H19N7O. The highest BCUT2D eigenvalue weighted by molar-refractivity contribution is 5.91. The number of aromatic nitrogens is 5. The van der Waals surface area contributed by atoms with Gasteiger partial charge in [-0.15, -0.1) is 0 Å². The van der Waals surface area contributed by atoms with Gasteiger partial charge in [0.05, 0.1) is 12.1 Å². The maximum Gasteiger partial charge on any atom is 0.276 e. The first-order chi connectivity index (χ1) is 13.9. The van der Waals surface area contributed by atoms with E-state index in [1.54, 1.807) is 12.3 Å². The molecule has 5 rings (SSSR count). The number of hydrogen-bond acceptors (Lipinski definition) is 8. The highest BCUT2D eigenvalue weighted by atomic mass is 16.5. The third kappa shape index (κ3) is 3.29. The predicted molar refractivity (Wildman–Crippen MR) is 105 cm³/mol. The number of pyridine rings is 1. The van der Waals surface area contributed by atoms with Crippen molar-refractivity contribution in [1.82, 2.24) is 30.0 Å². The van der Waals surface area contributed by atoms with Crippen LogP contribution in [0.3, 0.4) is 0 Å². The first-order valence-corrected chi connectivity index (χ1v) is 9.27. The summed E-state index contributed by atoms with van der Waals surface area (Å²) < 4.78 is 5.34. The summed E-state index contributed by atoms with van der Waals surface area (Å²) in [5.41, 5.74) is 2.92. The number of anilines is 1. The van der Waals surface area contributed by atoms with Crippen LogP contribution in [0.2, 0.25) is 0 Å². The Balaban J connectivity index is 1.25. The van der Waals surface area contributed by atoms with Crippen molar-refractivity contribution in [2.45, 2.75) is 6.54 Å². The van der Waals surface area contributed by atoms with Crippen LogP contribution in [0.5, 0.6) is 0 Å². The maximum absolute atomic E-state index is 5.34. The molecule has 0 N–H and O–H groups in total. The number of rotatable bonds is 4. The first-order valence-electron chi connectivity index (χ1n) is 9.27. The number of piperazine rings is 1. The summed E-state index contributed by atoms with van der Waals surface area (Å²) in [5, 5.41) is 5.29. The van der Waals surface area contributed by atoms with Gasteiger partial charge in [-0.2, -0.15) is 4.98 Å². The van der Waals surface area contributed by atoms with Crippen LogP contribution in [0.1, 0.15) is 5.82 Å². The molecular weight excluding hydrogens is 354 g/mol. The van der Waals surface area contributed by atoms with E-state index < -0.39 is 0 Å². The number of benzene rings is 1. The fourth-order valence-electron chi connectivity index (χ4n) is 3.54. The molecule has 0 spiro atoms. The van der Waals surface area contributed by atoms with Gasteiger partial charge in [0.2, 0.25) is 0 Å². The monoisotopic (exact) mass is 373 g/mol. The van der Waals surface area contributed by atoms with E-state index >= 15 is 0 Å². The molecule has 28 heavy (non-hydrogen) atoms. The minimum atomic E-state index is 0.430. The lowest BCUT2D eigenvalue weighted by Crippen LogP contribution is -2.46. The highest BCUT2D eigenvalue weighted by Gasteiger charge is 2.21. The van der Waals surface area contributed by atoms with Crippen LogP contribution in [0.15, 0.2) is 59.6 Å². The maximum atomic E-state index is 5.34. The second-order valence-electron chi connectivity index (χ2n) is 6.72. The van der Waals surface area contributed by atoms with Crippen LogP contribution in [0.25, 0.3) is 22.5 Å². The van der Waals surface area contributed by atoms with E-state index in [0.29, 0.717) is 24.0 Å². The summed E-state index contributed by atoms with van der Waals surface area (Å²) >= 11 is 0. The molecule has 140 valence electrons. The van der Waals surface area contributed by atoms with Gasteiger partial charge in [-0.25, -0.2) is 9.97 Å². The van der Waals surface area contributed by atoms with Gasteiger partial charge in [0.25, 0.3) is 5.89 Å². The van der Waals surface area contributed by atoms with Crippen molar-refractivity contribution in [3.8, 4) is 11.6 Å². The molecule has 1 saturated heterocycles. The average molecular weight is 373 g/mol. The topological polar surface area (TPSA) is 84.1 Å². The lowest BCUT2D eigenvalue weighted by atomic mass is 10.1. The van der Waals surface area contributed by atoms with Crippen LogP contribution in [0, 0.1) is 0 Å². The molecule has 0 radical (unpaired) electrons. The lowest BCUT2D eigenvalue weighted by Gasteiger charge is -2.36. The fourth-order valence-corrected chi connectivity index (χ4v) is 3.54. The molecule has 1 aliphatic heterocycles. The van der Waals surface area contributed by atoms with Gasteiger partial charge in [-0.1, -0.05) is 23.4 Å². The number of hydrogen-bond donors (Lipinski definition) is 0. The summed E-state index contributed by atoms with van der Waals surface area (Å²) in [4.78, 5) is 21.7. The minimum Gasteiger partial charge on any atom is -0.368 e. The largest absolute Gasteiger partial charge is 0.368 e. The molecule has 0 bridgehead atoms. The molecule has 4 aromatic rings. The smallest absolute Gasteiger partial charge is 0.276 e. The Morgan fingerprint density at radius 3 is 2.68 bits per heavy atom. The zero-order valence-corrected chi connectivity index (χ0v) is 15.3. The highest BCUT2D eigenvalue weighted by Crippen LogP contribution is 2.26. The van der Waals surface area contributed by atoms with E-state index in [9.17, 15) is 0 Å². The molecule has 8 nitrogen and oxygen atoms in total. The van der Waals surface area contributed by atoms with Crippen LogP contribution in [-0.4, -0.2) is 56.2 Å². The van der Waals surface area contributed by atoms with Gasteiger partial charge in [-0.05, 0) is 18.2 Å². The van der Waals surface area contributed by atoms with Gasteiger partial charge in [-0.3, -0.25) is 9.88 Å². The van der Waals surface area contributed by atoms with E-state index in [2.05, 4.69) is 59.2 Å². The third-order valence-electron chi connectivity index (χ3n) is 4.97. The van der Waals surface area contributed by atoms with Gasteiger partial charge in [0.1, 0.15) is 12.0 Å². The van der Waals surface area contributed by atoms with Gasteiger partial charge < -0.3 is 9.42 Å². The fraction of sp³-hybridized carbons (Fsp3) is 0.250. The van der Waals surface area contributed by atoms with Crippen LogP contribution in [-0.2, 0) is 6.54 Å². The van der Waals surface area contributed by atoms with Crippen LogP contribution >= 0.6 is 0 Å². The zero-order valence-electron chi connectivity index (χ0n) is 15.3. The number of fused-ring (bicyclic) bond motifs is 1. The predicted octanol–water partition coefficient (Wildman–Crippen LogP) is 2.40. The lowest BCUT2D eigenvalue weighted by molar-refractivity contribution is 0.240. The Morgan fingerprint density at radius 2 is 1.82 bits per heavy atom. The van der Waals surface area contributed by atoms with Crippen molar-refractivity contribution in [1.29, 1.82) is 0 Å². The average Bonchev–Trinajstić information content (AvgIpc) is 3.23. The van der Waals surface area contributed by atoms with E-state index in [4.69, 9.17) is 4.52 Å². The normalized spacial score (nSPS) is 15.2.